The summed E-state index contributed by atoms with van der Waals surface area (Å²) in [5.41, 5.74) is 3.79. The fourth-order valence-electron chi connectivity index (χ4n) is 3.42. The van der Waals surface area contributed by atoms with Gasteiger partial charge >= 0.3 is 5.76 Å². The average molecular weight is 377 g/mol. The first-order valence-electron chi connectivity index (χ1n) is 9.32. The standard InChI is InChI=1S/C20H19N5O3/c1-10(2)25-18-14(9-21-25)13(8-15(23-18)11-3-4-11)19(26)22-12-5-6-17-16(7-12)24-20(27)28-17/h5-11H,3-4H2,1-2H3,(H,22,26)(H,24,27). The van der Waals surface area contributed by atoms with Gasteiger partial charge in [-0.15, -0.1) is 0 Å². The summed E-state index contributed by atoms with van der Waals surface area (Å²) in [5, 5.41) is 8.07. The van der Waals surface area contributed by atoms with Crippen LogP contribution in [0, 0.1) is 0 Å². The maximum Gasteiger partial charge on any atom is 0.417 e. The molecule has 0 atom stereocenters. The van der Waals surface area contributed by atoms with Crippen molar-refractivity contribution in [1.29, 1.82) is 0 Å². The van der Waals surface area contributed by atoms with Crippen LogP contribution in [-0.4, -0.2) is 25.7 Å². The van der Waals surface area contributed by atoms with E-state index in [1.165, 1.54) is 0 Å². The first-order chi connectivity index (χ1) is 13.5. The summed E-state index contributed by atoms with van der Waals surface area (Å²) in [6.07, 6.45) is 3.89. The van der Waals surface area contributed by atoms with Crippen LogP contribution in [0.15, 0.2) is 39.7 Å². The smallest absolute Gasteiger partial charge is 0.408 e. The molecule has 8 nitrogen and oxygen atoms in total. The molecule has 142 valence electrons. The number of hydrogen-bond donors (Lipinski definition) is 2. The van der Waals surface area contributed by atoms with Crippen LogP contribution in [0.1, 0.15) is 54.7 Å². The van der Waals surface area contributed by atoms with Gasteiger partial charge in [-0.3, -0.25) is 9.78 Å². The molecule has 4 aromatic rings. The first kappa shape index (κ1) is 16.7. The van der Waals surface area contributed by atoms with Gasteiger partial charge in [-0.2, -0.15) is 5.10 Å². The Bertz CT molecular complexity index is 1280. The van der Waals surface area contributed by atoms with Gasteiger partial charge in [-0.25, -0.2) is 14.5 Å². The molecule has 1 amide bonds. The molecule has 1 aromatic carbocycles. The van der Waals surface area contributed by atoms with Crippen LogP contribution in [0.4, 0.5) is 5.69 Å². The summed E-state index contributed by atoms with van der Waals surface area (Å²) in [6, 6.07) is 7.05. The van der Waals surface area contributed by atoms with Crippen molar-refractivity contribution in [3.63, 3.8) is 0 Å². The van der Waals surface area contributed by atoms with Crippen LogP contribution < -0.4 is 11.1 Å². The number of oxazole rings is 1. The molecule has 1 fully saturated rings. The monoisotopic (exact) mass is 377 g/mol. The van der Waals surface area contributed by atoms with E-state index in [4.69, 9.17) is 9.40 Å². The number of nitrogens with one attached hydrogen (secondary N) is 2. The number of carbonyl (C=O) groups is 1. The van der Waals surface area contributed by atoms with Crippen LogP contribution in [0.2, 0.25) is 0 Å². The van der Waals surface area contributed by atoms with Crippen molar-refractivity contribution in [2.24, 2.45) is 0 Å². The Hall–Kier alpha value is -3.42. The van der Waals surface area contributed by atoms with Gasteiger partial charge in [-0.1, -0.05) is 0 Å². The molecule has 1 aliphatic carbocycles. The molecule has 0 spiro atoms. The highest BCUT2D eigenvalue weighted by atomic mass is 16.4. The summed E-state index contributed by atoms with van der Waals surface area (Å²) in [7, 11) is 0. The number of anilines is 1. The summed E-state index contributed by atoms with van der Waals surface area (Å²) in [5.74, 6) is -0.342. The van der Waals surface area contributed by atoms with Gasteiger partial charge < -0.3 is 9.73 Å². The largest absolute Gasteiger partial charge is 0.417 e. The maximum atomic E-state index is 13.1. The minimum Gasteiger partial charge on any atom is -0.408 e. The van der Waals surface area contributed by atoms with Gasteiger partial charge in [0.15, 0.2) is 11.2 Å². The third-order valence-corrected chi connectivity index (χ3v) is 4.99. The van der Waals surface area contributed by atoms with Gasteiger partial charge in [0.1, 0.15) is 0 Å². The molecule has 8 heteroatoms. The lowest BCUT2D eigenvalue weighted by Gasteiger charge is -2.10. The molecule has 0 bridgehead atoms. The molecule has 5 rings (SSSR count). The molecule has 1 saturated carbocycles. The fraction of sp³-hybridized carbons (Fsp3) is 0.300. The minimum absolute atomic E-state index is 0.149. The molecule has 3 aromatic heterocycles. The molecule has 28 heavy (non-hydrogen) atoms. The lowest BCUT2D eigenvalue weighted by molar-refractivity contribution is 0.102. The zero-order chi connectivity index (χ0) is 19.4. The third-order valence-electron chi connectivity index (χ3n) is 4.99. The maximum absolute atomic E-state index is 13.1. The first-order valence-corrected chi connectivity index (χ1v) is 9.32. The number of fused-ring (bicyclic) bond motifs is 2. The Labute approximate surface area is 159 Å². The lowest BCUT2D eigenvalue weighted by atomic mass is 10.1. The number of aromatic amines is 1. The number of amides is 1. The van der Waals surface area contributed by atoms with Crippen molar-refractivity contribution in [3.8, 4) is 0 Å². The summed E-state index contributed by atoms with van der Waals surface area (Å²) < 4.78 is 6.85. The van der Waals surface area contributed by atoms with E-state index >= 15 is 0 Å². The zero-order valence-corrected chi connectivity index (χ0v) is 15.5. The Morgan fingerprint density at radius 1 is 1.32 bits per heavy atom. The van der Waals surface area contributed by atoms with E-state index in [2.05, 4.69) is 15.4 Å². The molecule has 0 unspecified atom stereocenters. The number of hydrogen-bond acceptors (Lipinski definition) is 5. The van der Waals surface area contributed by atoms with Crippen molar-refractivity contribution in [1.82, 2.24) is 19.7 Å². The number of H-pyrrole nitrogens is 1. The predicted octanol–water partition coefficient (Wildman–Crippen LogP) is 3.58. The van der Waals surface area contributed by atoms with Gasteiger partial charge in [0.2, 0.25) is 0 Å². The normalized spacial score (nSPS) is 14.2. The number of pyridine rings is 1. The highest BCUT2D eigenvalue weighted by Crippen LogP contribution is 2.40. The van der Waals surface area contributed by atoms with Crippen LogP contribution in [0.5, 0.6) is 0 Å². The lowest BCUT2D eigenvalue weighted by Crippen LogP contribution is -2.14. The second-order valence-corrected chi connectivity index (χ2v) is 7.47. The Balaban J connectivity index is 1.56. The molecule has 0 saturated heterocycles. The summed E-state index contributed by atoms with van der Waals surface area (Å²) in [6.45, 7) is 4.08. The van der Waals surface area contributed by atoms with E-state index in [-0.39, 0.29) is 11.9 Å². The van der Waals surface area contributed by atoms with Crippen molar-refractivity contribution < 1.29 is 9.21 Å². The van der Waals surface area contributed by atoms with E-state index in [1.54, 1.807) is 24.4 Å². The molecular formula is C20H19N5O3. The van der Waals surface area contributed by atoms with Crippen LogP contribution >= 0.6 is 0 Å². The third kappa shape index (κ3) is 2.77. The van der Waals surface area contributed by atoms with E-state index in [0.717, 1.165) is 29.6 Å². The van der Waals surface area contributed by atoms with Crippen LogP contribution in [0.25, 0.3) is 22.1 Å². The van der Waals surface area contributed by atoms with Crippen LogP contribution in [-0.2, 0) is 0 Å². The highest BCUT2D eigenvalue weighted by Gasteiger charge is 2.28. The summed E-state index contributed by atoms with van der Waals surface area (Å²) in [4.78, 5) is 31.8. The number of aromatic nitrogens is 4. The Kier molecular flexibility index (Phi) is 3.61. The number of benzene rings is 1. The van der Waals surface area contributed by atoms with Gasteiger partial charge in [0.25, 0.3) is 5.91 Å². The van der Waals surface area contributed by atoms with Crippen LogP contribution in [0.3, 0.4) is 0 Å². The minimum atomic E-state index is -0.524. The highest BCUT2D eigenvalue weighted by molar-refractivity contribution is 6.12. The van der Waals surface area contributed by atoms with E-state index in [9.17, 15) is 9.59 Å². The number of carbonyl (C=O) groups excluding carboxylic acids is 1. The quantitative estimate of drug-likeness (QED) is 0.565. The van der Waals surface area contributed by atoms with Crippen molar-refractivity contribution >= 4 is 33.7 Å². The van der Waals surface area contributed by atoms with Crippen molar-refractivity contribution in [2.45, 2.75) is 38.6 Å². The fourth-order valence-corrected chi connectivity index (χ4v) is 3.42. The average Bonchev–Trinajstić information content (AvgIpc) is 3.30. The van der Waals surface area contributed by atoms with Gasteiger partial charge in [-0.05, 0) is 51.0 Å². The Morgan fingerprint density at radius 3 is 2.89 bits per heavy atom. The molecule has 3 heterocycles. The van der Waals surface area contributed by atoms with Gasteiger partial charge in [0.05, 0.1) is 22.7 Å². The van der Waals surface area contributed by atoms with Gasteiger partial charge in [0, 0.05) is 23.3 Å². The topological polar surface area (TPSA) is 106 Å². The molecule has 0 radical (unpaired) electrons. The van der Waals surface area contributed by atoms with E-state index in [0.29, 0.717) is 28.3 Å². The number of rotatable bonds is 4. The second kappa shape index (κ2) is 6.05. The molecule has 1 aliphatic rings. The predicted molar refractivity (Wildman–Crippen MR) is 105 cm³/mol. The Morgan fingerprint density at radius 2 is 2.14 bits per heavy atom. The zero-order valence-electron chi connectivity index (χ0n) is 15.5. The van der Waals surface area contributed by atoms with Crippen molar-refractivity contribution in [3.05, 3.63) is 52.3 Å². The summed E-state index contributed by atoms with van der Waals surface area (Å²) >= 11 is 0. The molecule has 0 aliphatic heterocycles. The number of nitrogens with zero attached hydrogens (tertiary/aromatic N) is 3. The SMILES string of the molecule is CC(C)n1ncc2c(C(=O)Nc3ccc4oc(=O)[nH]c4c3)cc(C3CC3)nc21. The van der Waals surface area contributed by atoms with E-state index in [1.807, 2.05) is 24.6 Å². The molecule has 2 N–H and O–H groups in total. The van der Waals surface area contributed by atoms with Crippen molar-refractivity contribution in [2.75, 3.05) is 5.32 Å². The second-order valence-electron chi connectivity index (χ2n) is 7.47. The molecular weight excluding hydrogens is 358 g/mol. The van der Waals surface area contributed by atoms with E-state index < -0.39 is 5.76 Å².